The van der Waals surface area contributed by atoms with Gasteiger partial charge in [0.2, 0.25) is 0 Å². The average Bonchev–Trinajstić information content (AvgIpc) is 2.96. The molecule has 2 aromatic heterocycles. The molecule has 17 heavy (non-hydrogen) atoms. The van der Waals surface area contributed by atoms with E-state index in [1.165, 1.54) is 6.39 Å². The van der Waals surface area contributed by atoms with Crippen LogP contribution in [-0.2, 0) is 6.54 Å². The van der Waals surface area contributed by atoms with Crippen molar-refractivity contribution in [3.05, 3.63) is 23.5 Å². The van der Waals surface area contributed by atoms with Crippen LogP contribution in [0, 0.1) is 0 Å². The minimum atomic E-state index is 0.723. The first-order chi connectivity index (χ1) is 8.36. The van der Waals surface area contributed by atoms with Gasteiger partial charge in [0.05, 0.1) is 7.11 Å². The van der Waals surface area contributed by atoms with Crippen molar-refractivity contribution in [3.63, 3.8) is 0 Å². The smallest absolute Gasteiger partial charge is 0.181 e. The van der Waals surface area contributed by atoms with E-state index in [1.807, 2.05) is 11.4 Å². The Morgan fingerprint density at radius 2 is 2.41 bits per heavy atom. The molecule has 0 saturated heterocycles. The molecule has 0 unspecified atom stereocenters. The molecule has 0 saturated carbocycles. The molecule has 0 fully saturated rings. The lowest BCUT2D eigenvalue weighted by molar-refractivity contribution is 0.416. The molecule has 0 radical (unpaired) electrons. The second kappa shape index (κ2) is 5.84. The number of oxazole rings is 1. The molecule has 2 heterocycles. The predicted molar refractivity (Wildman–Crippen MR) is 68.4 cm³/mol. The summed E-state index contributed by atoms with van der Waals surface area (Å²) >= 11 is 1.60. The van der Waals surface area contributed by atoms with Crippen LogP contribution in [0.1, 0.15) is 19.0 Å². The topological polar surface area (TPSA) is 47.3 Å². The number of methoxy groups -OCH3 is 1. The van der Waals surface area contributed by atoms with Crippen molar-refractivity contribution < 1.29 is 9.15 Å². The lowest BCUT2D eigenvalue weighted by atomic mass is 10.2. The first-order valence-corrected chi connectivity index (χ1v) is 6.49. The number of hydrogen-bond acceptors (Lipinski definition) is 5. The van der Waals surface area contributed by atoms with Gasteiger partial charge in [-0.3, -0.25) is 0 Å². The van der Waals surface area contributed by atoms with E-state index in [4.69, 9.17) is 9.15 Å². The summed E-state index contributed by atoms with van der Waals surface area (Å²) in [5, 5.41) is 5.30. The molecule has 92 valence electrons. The fourth-order valence-electron chi connectivity index (χ4n) is 1.59. The molecule has 4 nitrogen and oxygen atoms in total. The van der Waals surface area contributed by atoms with Crippen molar-refractivity contribution in [1.82, 2.24) is 10.3 Å². The summed E-state index contributed by atoms with van der Waals surface area (Å²) in [6, 6.07) is 1.94. The van der Waals surface area contributed by atoms with Crippen LogP contribution >= 0.6 is 11.3 Å². The Labute approximate surface area is 105 Å². The predicted octanol–water partition coefficient (Wildman–Crippen LogP) is 2.91. The molecule has 1 N–H and O–H groups in total. The largest absolute Gasteiger partial charge is 0.495 e. The third-order valence-electron chi connectivity index (χ3n) is 2.42. The maximum absolute atomic E-state index is 5.46. The number of rotatable bonds is 6. The molecule has 0 atom stereocenters. The maximum atomic E-state index is 5.46. The second-order valence-electron chi connectivity index (χ2n) is 3.62. The minimum Gasteiger partial charge on any atom is -0.495 e. The number of nitrogens with one attached hydrogen (secondary N) is 1. The van der Waals surface area contributed by atoms with Gasteiger partial charge in [-0.05, 0) is 24.4 Å². The van der Waals surface area contributed by atoms with Crippen molar-refractivity contribution in [2.45, 2.75) is 19.9 Å². The summed E-state index contributed by atoms with van der Waals surface area (Å²) in [4.78, 5) is 5.24. The van der Waals surface area contributed by atoms with Crippen molar-refractivity contribution in [2.75, 3.05) is 13.7 Å². The summed E-state index contributed by atoms with van der Waals surface area (Å²) in [7, 11) is 1.66. The number of aromatic nitrogens is 1. The quantitative estimate of drug-likeness (QED) is 0.803. The lowest BCUT2D eigenvalue weighted by Crippen LogP contribution is -2.14. The van der Waals surface area contributed by atoms with Crippen molar-refractivity contribution in [2.24, 2.45) is 0 Å². The highest BCUT2D eigenvalue weighted by Crippen LogP contribution is 2.36. The van der Waals surface area contributed by atoms with Crippen LogP contribution in [0.5, 0.6) is 5.75 Å². The van der Waals surface area contributed by atoms with Crippen LogP contribution in [0.4, 0.5) is 0 Å². The number of ether oxygens (including phenoxy) is 1. The van der Waals surface area contributed by atoms with Crippen molar-refractivity contribution in [1.29, 1.82) is 0 Å². The van der Waals surface area contributed by atoms with Gasteiger partial charge in [-0.2, -0.15) is 0 Å². The fraction of sp³-hybridized carbons (Fsp3) is 0.417. The first-order valence-electron chi connectivity index (χ1n) is 5.61. The van der Waals surface area contributed by atoms with E-state index in [9.17, 15) is 0 Å². The number of thiophene rings is 1. The highest BCUT2D eigenvalue weighted by Gasteiger charge is 2.16. The van der Waals surface area contributed by atoms with Gasteiger partial charge in [0, 0.05) is 6.54 Å². The molecule has 0 aliphatic heterocycles. The number of hydrogen-bond donors (Lipinski definition) is 1. The molecule has 5 heteroatoms. The van der Waals surface area contributed by atoms with Gasteiger partial charge in [0.15, 0.2) is 12.2 Å². The molecule has 0 amide bonds. The summed E-state index contributed by atoms with van der Waals surface area (Å²) in [6.45, 7) is 3.84. The van der Waals surface area contributed by atoms with Crippen LogP contribution in [0.2, 0.25) is 0 Å². The Morgan fingerprint density at radius 1 is 1.53 bits per heavy atom. The van der Waals surface area contributed by atoms with Crippen LogP contribution in [-0.4, -0.2) is 18.6 Å². The standard InChI is InChI=1S/C12H16N2O2S/c1-3-5-13-7-9-11(16-8-14-9)12-10(15-2)4-6-17-12/h4,6,8,13H,3,5,7H2,1-2H3. The highest BCUT2D eigenvalue weighted by atomic mass is 32.1. The second-order valence-corrected chi connectivity index (χ2v) is 4.54. The third kappa shape index (κ3) is 2.68. The minimum absolute atomic E-state index is 0.723. The van der Waals surface area contributed by atoms with Gasteiger partial charge in [-0.25, -0.2) is 4.98 Å². The first kappa shape index (κ1) is 12.1. The number of nitrogens with zero attached hydrogens (tertiary/aromatic N) is 1. The van der Waals surface area contributed by atoms with Gasteiger partial charge in [0.25, 0.3) is 0 Å². The van der Waals surface area contributed by atoms with Gasteiger partial charge < -0.3 is 14.5 Å². The van der Waals surface area contributed by atoms with Gasteiger partial charge in [-0.15, -0.1) is 11.3 Å². The molecular weight excluding hydrogens is 236 g/mol. The zero-order chi connectivity index (χ0) is 12.1. The highest BCUT2D eigenvalue weighted by molar-refractivity contribution is 7.14. The van der Waals surface area contributed by atoms with Crippen molar-refractivity contribution >= 4 is 11.3 Å². The van der Waals surface area contributed by atoms with Crippen LogP contribution < -0.4 is 10.1 Å². The van der Waals surface area contributed by atoms with E-state index < -0.39 is 0 Å². The van der Waals surface area contributed by atoms with Gasteiger partial charge in [-0.1, -0.05) is 6.92 Å². The van der Waals surface area contributed by atoms with Crippen molar-refractivity contribution in [3.8, 4) is 16.4 Å². The Hall–Kier alpha value is -1.33. The van der Waals surface area contributed by atoms with E-state index in [0.717, 1.165) is 41.6 Å². The van der Waals surface area contributed by atoms with E-state index in [0.29, 0.717) is 0 Å². The zero-order valence-electron chi connectivity index (χ0n) is 10.0. The molecular formula is C12H16N2O2S. The molecule has 2 aromatic rings. The normalized spacial score (nSPS) is 10.7. The van der Waals surface area contributed by atoms with E-state index in [1.54, 1.807) is 18.4 Å². The summed E-state index contributed by atoms with van der Waals surface area (Å²) in [5.74, 6) is 1.64. The van der Waals surface area contributed by atoms with E-state index >= 15 is 0 Å². The monoisotopic (exact) mass is 252 g/mol. The van der Waals surface area contributed by atoms with Crippen LogP contribution in [0.3, 0.4) is 0 Å². The molecule has 0 bridgehead atoms. The average molecular weight is 252 g/mol. The van der Waals surface area contributed by atoms with Crippen LogP contribution in [0.25, 0.3) is 10.6 Å². The Kier molecular flexibility index (Phi) is 4.17. The summed E-state index contributed by atoms with van der Waals surface area (Å²) in [6.07, 6.45) is 2.59. The fourth-order valence-corrected chi connectivity index (χ4v) is 2.46. The van der Waals surface area contributed by atoms with Crippen LogP contribution in [0.15, 0.2) is 22.3 Å². The molecule has 0 aliphatic carbocycles. The molecule has 2 rings (SSSR count). The van der Waals surface area contributed by atoms with E-state index in [2.05, 4.69) is 17.2 Å². The Morgan fingerprint density at radius 3 is 3.18 bits per heavy atom. The zero-order valence-corrected chi connectivity index (χ0v) is 10.8. The molecule has 0 aromatic carbocycles. The molecule has 0 aliphatic rings. The summed E-state index contributed by atoms with van der Waals surface area (Å²) < 4.78 is 10.8. The summed E-state index contributed by atoms with van der Waals surface area (Å²) in [5.41, 5.74) is 0.930. The van der Waals surface area contributed by atoms with E-state index in [-0.39, 0.29) is 0 Å². The lowest BCUT2D eigenvalue weighted by Gasteiger charge is -2.03. The third-order valence-corrected chi connectivity index (χ3v) is 3.31. The Bertz CT molecular complexity index is 465. The maximum Gasteiger partial charge on any atom is 0.181 e. The SMILES string of the molecule is CCCNCc1ncoc1-c1sccc1OC. The molecule has 0 spiro atoms. The van der Waals surface area contributed by atoms with Gasteiger partial charge in [0.1, 0.15) is 16.3 Å². The van der Waals surface area contributed by atoms with Gasteiger partial charge >= 0.3 is 0 Å². The Balaban J connectivity index is 2.18.